The van der Waals surface area contributed by atoms with E-state index < -0.39 is 0 Å². The van der Waals surface area contributed by atoms with Gasteiger partial charge in [-0.15, -0.1) is 0 Å². The summed E-state index contributed by atoms with van der Waals surface area (Å²) >= 11 is 0. The molecule has 0 bridgehead atoms. The quantitative estimate of drug-likeness (QED) is 0.764. The molecule has 0 atom stereocenters. The molecule has 1 aliphatic rings. The molecule has 0 saturated carbocycles. The Kier molecular flexibility index (Phi) is 6.63. The fraction of sp³-hybridized carbons (Fsp3) is 0.476. The number of benzene rings is 1. The zero-order valence-electron chi connectivity index (χ0n) is 15.9. The molecule has 0 aliphatic carbocycles. The van der Waals surface area contributed by atoms with Crippen LogP contribution >= 0.6 is 0 Å². The van der Waals surface area contributed by atoms with Gasteiger partial charge < -0.3 is 10.2 Å². The van der Waals surface area contributed by atoms with Gasteiger partial charge in [-0.1, -0.05) is 43.7 Å². The lowest BCUT2D eigenvalue weighted by Crippen LogP contribution is -2.43. The van der Waals surface area contributed by atoms with Gasteiger partial charge in [-0.25, -0.2) is 0 Å². The minimum absolute atomic E-state index is 0.000784. The third-order valence-electron chi connectivity index (χ3n) is 5.05. The molecule has 3 rings (SSSR count). The van der Waals surface area contributed by atoms with Crippen molar-refractivity contribution in [3.05, 3.63) is 53.9 Å². The number of likely N-dealkylation sites (tertiary alicyclic amines) is 1. The van der Waals surface area contributed by atoms with E-state index >= 15 is 0 Å². The molecule has 6 nitrogen and oxygen atoms in total. The summed E-state index contributed by atoms with van der Waals surface area (Å²) in [7, 11) is 0. The maximum atomic E-state index is 12.7. The van der Waals surface area contributed by atoms with Crippen molar-refractivity contribution in [2.45, 2.75) is 39.2 Å². The first kappa shape index (κ1) is 19.1. The van der Waals surface area contributed by atoms with Crippen LogP contribution in [-0.2, 0) is 11.3 Å². The summed E-state index contributed by atoms with van der Waals surface area (Å²) < 4.78 is 1.79. The van der Waals surface area contributed by atoms with Gasteiger partial charge in [0.1, 0.15) is 0 Å². The number of unbranched alkanes of at least 4 members (excludes halogenated alkanes) is 1. The molecule has 1 fully saturated rings. The normalized spacial score (nSPS) is 14.9. The lowest BCUT2D eigenvalue weighted by molar-refractivity contribution is -0.126. The number of nitrogens with one attached hydrogen (secondary N) is 1. The molecule has 0 radical (unpaired) electrons. The fourth-order valence-corrected chi connectivity index (χ4v) is 3.39. The number of carbonyl (C=O) groups is 2. The van der Waals surface area contributed by atoms with Crippen LogP contribution in [0.15, 0.2) is 42.7 Å². The SMILES string of the molecule is CCCCNC(=O)C1CCN(C(=O)c2cnn(Cc3ccccc3)c2)CC1. The van der Waals surface area contributed by atoms with Crippen molar-refractivity contribution in [1.82, 2.24) is 20.0 Å². The third-order valence-corrected chi connectivity index (χ3v) is 5.05. The van der Waals surface area contributed by atoms with E-state index in [0.717, 1.165) is 37.8 Å². The van der Waals surface area contributed by atoms with Gasteiger partial charge in [-0.2, -0.15) is 5.10 Å². The Morgan fingerprint density at radius 3 is 2.63 bits per heavy atom. The van der Waals surface area contributed by atoms with E-state index in [4.69, 9.17) is 0 Å². The molecule has 1 aliphatic heterocycles. The fourth-order valence-electron chi connectivity index (χ4n) is 3.39. The number of hydrogen-bond acceptors (Lipinski definition) is 3. The van der Waals surface area contributed by atoms with Gasteiger partial charge in [0.05, 0.1) is 18.3 Å². The number of rotatable bonds is 7. The van der Waals surface area contributed by atoms with Crippen molar-refractivity contribution < 1.29 is 9.59 Å². The molecule has 2 heterocycles. The first-order chi connectivity index (χ1) is 13.2. The predicted molar refractivity (Wildman–Crippen MR) is 104 cm³/mol. The van der Waals surface area contributed by atoms with E-state index in [9.17, 15) is 9.59 Å². The summed E-state index contributed by atoms with van der Waals surface area (Å²) in [6.07, 6.45) is 6.97. The zero-order valence-corrected chi connectivity index (χ0v) is 15.9. The van der Waals surface area contributed by atoms with Crippen LogP contribution in [0.2, 0.25) is 0 Å². The molecule has 0 spiro atoms. The average Bonchev–Trinajstić information content (AvgIpc) is 3.17. The smallest absolute Gasteiger partial charge is 0.257 e. The van der Waals surface area contributed by atoms with E-state index in [0.29, 0.717) is 25.2 Å². The maximum Gasteiger partial charge on any atom is 0.257 e. The van der Waals surface area contributed by atoms with Crippen LogP contribution in [0.4, 0.5) is 0 Å². The molecule has 1 aromatic carbocycles. The van der Waals surface area contributed by atoms with Crippen LogP contribution in [0.3, 0.4) is 0 Å². The summed E-state index contributed by atoms with van der Waals surface area (Å²) in [6, 6.07) is 10.1. The second-order valence-corrected chi connectivity index (χ2v) is 7.12. The molecule has 1 aromatic heterocycles. The lowest BCUT2D eigenvalue weighted by atomic mass is 9.95. The van der Waals surface area contributed by atoms with Crippen molar-refractivity contribution in [3.8, 4) is 0 Å². The van der Waals surface area contributed by atoms with E-state index in [1.807, 2.05) is 35.2 Å². The highest BCUT2D eigenvalue weighted by Gasteiger charge is 2.28. The van der Waals surface area contributed by atoms with Gasteiger partial charge in [-0.05, 0) is 24.8 Å². The van der Waals surface area contributed by atoms with Gasteiger partial charge in [0.25, 0.3) is 5.91 Å². The second-order valence-electron chi connectivity index (χ2n) is 7.12. The summed E-state index contributed by atoms with van der Waals surface area (Å²) in [4.78, 5) is 26.7. The monoisotopic (exact) mass is 368 g/mol. The number of aromatic nitrogens is 2. The zero-order chi connectivity index (χ0) is 19.1. The summed E-state index contributed by atoms with van der Waals surface area (Å²) in [5.41, 5.74) is 1.76. The molecular weight excluding hydrogens is 340 g/mol. The Hall–Kier alpha value is -2.63. The maximum absolute atomic E-state index is 12.7. The minimum atomic E-state index is -0.000784. The minimum Gasteiger partial charge on any atom is -0.356 e. The van der Waals surface area contributed by atoms with Crippen molar-refractivity contribution in [2.75, 3.05) is 19.6 Å². The molecule has 0 unspecified atom stereocenters. The van der Waals surface area contributed by atoms with Gasteiger partial charge in [0.15, 0.2) is 0 Å². The van der Waals surface area contributed by atoms with E-state index in [1.54, 1.807) is 17.1 Å². The van der Waals surface area contributed by atoms with E-state index in [1.165, 1.54) is 0 Å². The van der Waals surface area contributed by atoms with E-state index in [2.05, 4.69) is 17.3 Å². The van der Waals surface area contributed by atoms with Gasteiger partial charge in [0.2, 0.25) is 5.91 Å². The van der Waals surface area contributed by atoms with Gasteiger partial charge in [0, 0.05) is 31.7 Å². The molecule has 2 aromatic rings. The van der Waals surface area contributed by atoms with Gasteiger partial charge in [-0.3, -0.25) is 14.3 Å². The Balaban J connectivity index is 1.50. The highest BCUT2D eigenvalue weighted by Crippen LogP contribution is 2.19. The molecule has 144 valence electrons. The topological polar surface area (TPSA) is 67.2 Å². The van der Waals surface area contributed by atoms with Crippen LogP contribution in [0, 0.1) is 5.92 Å². The molecule has 1 N–H and O–H groups in total. The number of nitrogens with zero attached hydrogens (tertiary/aromatic N) is 3. The largest absolute Gasteiger partial charge is 0.356 e. The van der Waals surface area contributed by atoms with E-state index in [-0.39, 0.29) is 17.7 Å². The average molecular weight is 368 g/mol. The molecule has 6 heteroatoms. The van der Waals surface area contributed by atoms with Crippen molar-refractivity contribution >= 4 is 11.8 Å². The van der Waals surface area contributed by atoms with Crippen LogP contribution in [0.1, 0.15) is 48.5 Å². The molecule has 1 saturated heterocycles. The standard InChI is InChI=1S/C21H28N4O2/c1-2-3-11-22-20(26)18-9-12-24(13-10-18)21(27)19-14-23-25(16-19)15-17-7-5-4-6-8-17/h4-8,14,16,18H,2-3,9-13,15H2,1H3,(H,22,26). The Labute approximate surface area is 160 Å². The molecular formula is C21H28N4O2. The Bertz CT molecular complexity index is 749. The van der Waals surface area contributed by atoms with Crippen LogP contribution in [0.25, 0.3) is 0 Å². The first-order valence-corrected chi connectivity index (χ1v) is 9.80. The summed E-state index contributed by atoms with van der Waals surface area (Å²) in [5.74, 6) is 0.150. The highest BCUT2D eigenvalue weighted by molar-refractivity contribution is 5.94. The Morgan fingerprint density at radius 1 is 1.19 bits per heavy atom. The number of carbonyl (C=O) groups excluding carboxylic acids is 2. The molecule has 27 heavy (non-hydrogen) atoms. The van der Waals surface area contributed by atoms with Crippen LogP contribution in [0.5, 0.6) is 0 Å². The molecule has 2 amide bonds. The predicted octanol–water partition coefficient (Wildman–Crippen LogP) is 2.70. The Morgan fingerprint density at radius 2 is 1.93 bits per heavy atom. The number of hydrogen-bond donors (Lipinski definition) is 1. The van der Waals surface area contributed by atoms with Crippen molar-refractivity contribution in [2.24, 2.45) is 5.92 Å². The van der Waals surface area contributed by atoms with Gasteiger partial charge >= 0.3 is 0 Å². The van der Waals surface area contributed by atoms with Crippen molar-refractivity contribution in [1.29, 1.82) is 0 Å². The van der Waals surface area contributed by atoms with Crippen LogP contribution < -0.4 is 5.32 Å². The third kappa shape index (κ3) is 5.18. The van der Waals surface area contributed by atoms with Crippen molar-refractivity contribution in [3.63, 3.8) is 0 Å². The summed E-state index contributed by atoms with van der Waals surface area (Å²) in [5, 5.41) is 7.32. The number of piperidine rings is 1. The summed E-state index contributed by atoms with van der Waals surface area (Å²) in [6.45, 7) is 4.74. The highest BCUT2D eigenvalue weighted by atomic mass is 16.2. The first-order valence-electron chi connectivity index (χ1n) is 9.80. The number of amides is 2. The lowest BCUT2D eigenvalue weighted by Gasteiger charge is -2.31. The van der Waals surface area contributed by atoms with Crippen LogP contribution in [-0.4, -0.2) is 46.1 Å². The second kappa shape index (κ2) is 9.35.